The van der Waals surface area contributed by atoms with Crippen LogP contribution in [0.4, 0.5) is 5.69 Å². The van der Waals surface area contributed by atoms with Crippen LogP contribution in [0.2, 0.25) is 0 Å². The highest BCUT2D eigenvalue weighted by molar-refractivity contribution is 9.10. The van der Waals surface area contributed by atoms with Crippen molar-refractivity contribution >= 4 is 67.8 Å². The number of thiocarbonyl (C=S) groups is 1. The first-order valence-corrected chi connectivity index (χ1v) is 11.2. The van der Waals surface area contributed by atoms with Gasteiger partial charge in [-0.1, -0.05) is 46.0 Å². The van der Waals surface area contributed by atoms with Crippen LogP contribution in [0.25, 0.3) is 6.08 Å². The van der Waals surface area contributed by atoms with Gasteiger partial charge in [0.1, 0.15) is 4.32 Å². The van der Waals surface area contributed by atoms with Crippen molar-refractivity contribution in [1.82, 2.24) is 4.90 Å². The van der Waals surface area contributed by atoms with E-state index in [1.807, 2.05) is 42.5 Å². The molecule has 2 amide bonds. The molecule has 2 aliphatic rings. The molecule has 1 saturated heterocycles. The van der Waals surface area contributed by atoms with E-state index in [0.717, 1.165) is 15.7 Å². The quantitative estimate of drug-likeness (QED) is 0.450. The highest BCUT2D eigenvalue weighted by Gasteiger charge is 2.31. The number of fused-ring (bicyclic) bond motifs is 1. The summed E-state index contributed by atoms with van der Waals surface area (Å²) in [6.07, 6.45) is 2.61. The summed E-state index contributed by atoms with van der Waals surface area (Å²) in [6.45, 7) is 0.604. The topological polar surface area (TPSA) is 67.9 Å². The lowest BCUT2D eigenvalue weighted by molar-refractivity contribution is -0.122. The average Bonchev–Trinajstić information content (AvgIpc) is 3.29. The number of ether oxygens (including phenoxy) is 2. The molecule has 1 N–H and O–H groups in total. The van der Waals surface area contributed by atoms with Crippen molar-refractivity contribution in [3.63, 3.8) is 0 Å². The van der Waals surface area contributed by atoms with Crippen molar-refractivity contribution in [3.05, 3.63) is 57.4 Å². The van der Waals surface area contributed by atoms with Crippen molar-refractivity contribution in [2.45, 2.75) is 12.8 Å². The Bertz CT molecular complexity index is 1040. The summed E-state index contributed by atoms with van der Waals surface area (Å²) in [6, 6.07) is 12.9. The Morgan fingerprint density at radius 3 is 2.77 bits per heavy atom. The Kier molecular flexibility index (Phi) is 6.40. The van der Waals surface area contributed by atoms with Gasteiger partial charge in [0.15, 0.2) is 11.5 Å². The first kappa shape index (κ1) is 20.9. The van der Waals surface area contributed by atoms with E-state index in [4.69, 9.17) is 21.7 Å². The summed E-state index contributed by atoms with van der Waals surface area (Å²) < 4.78 is 12.1. The van der Waals surface area contributed by atoms with E-state index in [9.17, 15) is 9.59 Å². The zero-order valence-electron chi connectivity index (χ0n) is 15.7. The van der Waals surface area contributed by atoms with E-state index in [1.54, 1.807) is 11.0 Å². The number of nitrogens with one attached hydrogen (secondary N) is 1. The van der Waals surface area contributed by atoms with Crippen LogP contribution in [0.5, 0.6) is 11.5 Å². The maximum Gasteiger partial charge on any atom is 0.266 e. The van der Waals surface area contributed by atoms with Gasteiger partial charge in [0.25, 0.3) is 5.91 Å². The van der Waals surface area contributed by atoms with Crippen LogP contribution in [-0.4, -0.2) is 34.4 Å². The lowest BCUT2D eigenvalue weighted by Crippen LogP contribution is -2.29. The monoisotopic (exact) mass is 504 g/mol. The summed E-state index contributed by atoms with van der Waals surface area (Å²) in [5.41, 5.74) is 1.58. The van der Waals surface area contributed by atoms with Crippen molar-refractivity contribution < 1.29 is 19.1 Å². The van der Waals surface area contributed by atoms with E-state index in [2.05, 4.69) is 21.2 Å². The molecule has 2 aromatic carbocycles. The van der Waals surface area contributed by atoms with Crippen LogP contribution in [0.3, 0.4) is 0 Å². The number of thioether (sulfide) groups is 1. The van der Waals surface area contributed by atoms with Crippen LogP contribution in [0, 0.1) is 0 Å². The maximum atomic E-state index is 12.7. The lowest BCUT2D eigenvalue weighted by Gasteiger charge is -2.14. The van der Waals surface area contributed by atoms with Gasteiger partial charge < -0.3 is 14.8 Å². The van der Waals surface area contributed by atoms with E-state index in [1.165, 1.54) is 11.8 Å². The van der Waals surface area contributed by atoms with Crippen LogP contribution in [0.15, 0.2) is 51.8 Å². The minimum absolute atomic E-state index is 0.0985. The molecule has 2 aliphatic heterocycles. The molecule has 0 atom stereocenters. The number of carbonyl (C=O) groups excluding carboxylic acids is 2. The number of anilines is 1. The van der Waals surface area contributed by atoms with E-state index < -0.39 is 0 Å². The first-order valence-electron chi connectivity index (χ1n) is 9.20. The summed E-state index contributed by atoms with van der Waals surface area (Å²) in [4.78, 5) is 27.0. The van der Waals surface area contributed by atoms with Gasteiger partial charge in [-0.2, -0.15) is 0 Å². The number of carbonyl (C=O) groups is 2. The van der Waals surface area contributed by atoms with Crippen molar-refractivity contribution in [1.29, 1.82) is 0 Å². The largest absolute Gasteiger partial charge is 0.454 e. The van der Waals surface area contributed by atoms with Crippen molar-refractivity contribution in [3.8, 4) is 11.5 Å². The molecule has 30 heavy (non-hydrogen) atoms. The van der Waals surface area contributed by atoms with Gasteiger partial charge in [-0.25, -0.2) is 0 Å². The highest BCUT2D eigenvalue weighted by Crippen LogP contribution is 2.36. The van der Waals surface area contributed by atoms with Gasteiger partial charge in [-0.05, 0) is 54.5 Å². The van der Waals surface area contributed by atoms with Crippen LogP contribution < -0.4 is 14.8 Å². The Balaban J connectivity index is 1.32. The molecule has 0 aromatic heterocycles. The Labute approximate surface area is 191 Å². The Hall–Kier alpha value is -2.36. The summed E-state index contributed by atoms with van der Waals surface area (Å²) >= 11 is 9.99. The molecule has 0 unspecified atom stereocenters. The molecule has 0 aliphatic carbocycles. The molecule has 4 rings (SSSR count). The fourth-order valence-corrected chi connectivity index (χ4v) is 4.57. The van der Waals surface area contributed by atoms with Gasteiger partial charge in [-0.3, -0.25) is 14.5 Å². The van der Waals surface area contributed by atoms with Gasteiger partial charge in [-0.15, -0.1) is 0 Å². The normalized spacial score (nSPS) is 16.4. The number of halogens is 1. The molecule has 0 saturated carbocycles. The Morgan fingerprint density at radius 1 is 1.20 bits per heavy atom. The van der Waals surface area contributed by atoms with Crippen molar-refractivity contribution in [2.75, 3.05) is 18.7 Å². The second-order valence-electron chi connectivity index (χ2n) is 6.60. The molecule has 1 fully saturated rings. The maximum absolute atomic E-state index is 12.7. The van der Waals surface area contributed by atoms with Gasteiger partial charge in [0, 0.05) is 23.1 Å². The molecule has 6 nitrogen and oxygen atoms in total. The van der Waals surface area contributed by atoms with E-state index in [-0.39, 0.29) is 18.6 Å². The lowest BCUT2D eigenvalue weighted by atomic mass is 10.2. The number of amides is 2. The highest BCUT2D eigenvalue weighted by atomic mass is 79.9. The second kappa shape index (κ2) is 9.20. The molecule has 9 heteroatoms. The Morgan fingerprint density at radius 2 is 1.97 bits per heavy atom. The first-order chi connectivity index (χ1) is 14.5. The molecule has 2 heterocycles. The molecule has 0 spiro atoms. The third-order valence-corrected chi connectivity index (χ3v) is 6.39. The molecular formula is C21H17BrN2O4S2. The summed E-state index contributed by atoms with van der Waals surface area (Å²) in [5.74, 6) is 1.12. The van der Waals surface area contributed by atoms with Gasteiger partial charge >= 0.3 is 0 Å². The summed E-state index contributed by atoms with van der Waals surface area (Å²) in [7, 11) is 0. The average molecular weight is 505 g/mol. The minimum Gasteiger partial charge on any atom is -0.454 e. The van der Waals surface area contributed by atoms with Gasteiger partial charge in [0.2, 0.25) is 12.7 Å². The number of rotatable bonds is 6. The predicted octanol–water partition coefficient (Wildman–Crippen LogP) is 4.80. The van der Waals surface area contributed by atoms with E-state index >= 15 is 0 Å². The zero-order chi connectivity index (χ0) is 21.1. The number of hydrogen-bond donors (Lipinski definition) is 1. The molecule has 0 radical (unpaired) electrons. The van der Waals surface area contributed by atoms with Crippen LogP contribution in [0.1, 0.15) is 18.4 Å². The SMILES string of the molecule is O=C(CCCN1C(=O)C(=Cc2ccc3c(c2)OCO3)SC1=S)Nc1ccc(Br)cc1. The molecular weight excluding hydrogens is 488 g/mol. The second-order valence-corrected chi connectivity index (χ2v) is 9.20. The number of nitrogens with zero attached hydrogens (tertiary/aromatic N) is 1. The molecule has 0 bridgehead atoms. The fraction of sp³-hybridized carbons (Fsp3) is 0.190. The fourth-order valence-electron chi connectivity index (χ4n) is 3.00. The van der Waals surface area contributed by atoms with Crippen LogP contribution in [-0.2, 0) is 9.59 Å². The standard InChI is InChI=1S/C21H17BrN2O4S2/c22-14-4-6-15(7-5-14)23-19(25)2-1-9-24-20(26)18(30-21(24)29)11-13-3-8-16-17(10-13)28-12-27-16/h3-8,10-11H,1-2,9,12H2,(H,23,25). The number of benzene rings is 2. The molecule has 2 aromatic rings. The zero-order valence-corrected chi connectivity index (χ0v) is 18.9. The minimum atomic E-state index is -0.143. The van der Waals surface area contributed by atoms with Crippen LogP contribution >= 0.6 is 39.9 Å². The predicted molar refractivity (Wildman–Crippen MR) is 124 cm³/mol. The third-order valence-electron chi connectivity index (χ3n) is 4.48. The van der Waals surface area contributed by atoms with E-state index in [0.29, 0.717) is 40.1 Å². The number of hydrogen-bond acceptors (Lipinski definition) is 6. The third kappa shape index (κ3) is 4.85. The van der Waals surface area contributed by atoms with Gasteiger partial charge in [0.05, 0.1) is 4.91 Å². The smallest absolute Gasteiger partial charge is 0.266 e. The molecule has 154 valence electrons. The van der Waals surface area contributed by atoms with Crippen molar-refractivity contribution in [2.24, 2.45) is 0 Å². The summed E-state index contributed by atoms with van der Waals surface area (Å²) in [5, 5.41) is 2.84.